The third-order valence-electron chi connectivity index (χ3n) is 4.53. The SMILES string of the molecule is Cc1nc(N2CC(C)CC(C)C2)ccc1CNC1CC1. The summed E-state index contributed by atoms with van der Waals surface area (Å²) >= 11 is 0. The lowest BCUT2D eigenvalue weighted by Crippen LogP contribution is -2.39. The molecule has 2 atom stereocenters. The summed E-state index contributed by atoms with van der Waals surface area (Å²) in [7, 11) is 0. The molecule has 1 saturated carbocycles. The topological polar surface area (TPSA) is 28.2 Å². The molecule has 0 aromatic carbocycles. The van der Waals surface area contributed by atoms with Gasteiger partial charge in [0.05, 0.1) is 0 Å². The van der Waals surface area contributed by atoms with E-state index in [2.05, 4.69) is 43.1 Å². The number of nitrogens with one attached hydrogen (secondary N) is 1. The summed E-state index contributed by atoms with van der Waals surface area (Å²) in [6.07, 6.45) is 4.03. The number of piperidine rings is 1. The standard InChI is InChI=1S/C17H27N3/c1-12-8-13(2)11-20(10-12)17-7-4-15(14(3)19-17)9-18-16-5-6-16/h4,7,12-13,16,18H,5-6,8-11H2,1-3H3. The van der Waals surface area contributed by atoms with Crippen LogP contribution in [-0.4, -0.2) is 24.1 Å². The van der Waals surface area contributed by atoms with Gasteiger partial charge in [-0.05, 0) is 49.7 Å². The molecule has 3 rings (SSSR count). The molecule has 2 fully saturated rings. The summed E-state index contributed by atoms with van der Waals surface area (Å²) in [4.78, 5) is 7.31. The first-order valence-electron chi connectivity index (χ1n) is 8.06. The van der Waals surface area contributed by atoms with E-state index in [1.165, 1.54) is 30.5 Å². The second kappa shape index (κ2) is 5.72. The molecule has 1 saturated heterocycles. The molecule has 1 aromatic rings. The van der Waals surface area contributed by atoms with Gasteiger partial charge in [-0.3, -0.25) is 0 Å². The van der Waals surface area contributed by atoms with Crippen molar-refractivity contribution >= 4 is 5.82 Å². The van der Waals surface area contributed by atoms with Gasteiger partial charge in [-0.15, -0.1) is 0 Å². The molecular formula is C17H27N3. The van der Waals surface area contributed by atoms with E-state index >= 15 is 0 Å². The minimum absolute atomic E-state index is 0.762. The Kier molecular flexibility index (Phi) is 3.97. The first kappa shape index (κ1) is 13.9. The summed E-state index contributed by atoms with van der Waals surface area (Å²) in [5, 5.41) is 3.57. The van der Waals surface area contributed by atoms with Gasteiger partial charge in [0.25, 0.3) is 0 Å². The van der Waals surface area contributed by atoms with E-state index in [4.69, 9.17) is 4.98 Å². The maximum Gasteiger partial charge on any atom is 0.128 e. The molecule has 1 N–H and O–H groups in total. The molecule has 1 aliphatic carbocycles. The lowest BCUT2D eigenvalue weighted by molar-refractivity contribution is 0.355. The fourth-order valence-electron chi connectivity index (χ4n) is 3.33. The Balaban J connectivity index is 1.68. The van der Waals surface area contributed by atoms with E-state index in [-0.39, 0.29) is 0 Å². The zero-order valence-corrected chi connectivity index (χ0v) is 13.0. The molecule has 0 bridgehead atoms. The van der Waals surface area contributed by atoms with Crippen LogP contribution in [0.15, 0.2) is 12.1 Å². The van der Waals surface area contributed by atoms with Gasteiger partial charge in [-0.1, -0.05) is 19.9 Å². The molecular weight excluding hydrogens is 246 g/mol. The van der Waals surface area contributed by atoms with E-state index in [1.807, 2.05) is 0 Å². The fourth-order valence-corrected chi connectivity index (χ4v) is 3.33. The Hall–Kier alpha value is -1.09. The normalized spacial score (nSPS) is 26.9. The predicted octanol–water partition coefficient (Wildman–Crippen LogP) is 3.12. The Morgan fingerprint density at radius 1 is 1.20 bits per heavy atom. The van der Waals surface area contributed by atoms with Gasteiger partial charge in [0.15, 0.2) is 0 Å². The molecule has 0 amide bonds. The van der Waals surface area contributed by atoms with Crippen LogP contribution in [0.5, 0.6) is 0 Å². The molecule has 0 spiro atoms. The summed E-state index contributed by atoms with van der Waals surface area (Å²) in [6, 6.07) is 5.23. The monoisotopic (exact) mass is 273 g/mol. The summed E-state index contributed by atoms with van der Waals surface area (Å²) in [5.41, 5.74) is 2.53. The molecule has 110 valence electrons. The third-order valence-corrected chi connectivity index (χ3v) is 4.53. The average Bonchev–Trinajstić information content (AvgIpc) is 3.20. The molecule has 2 aliphatic rings. The van der Waals surface area contributed by atoms with Crippen molar-refractivity contribution in [3.05, 3.63) is 23.4 Å². The van der Waals surface area contributed by atoms with Gasteiger partial charge in [-0.2, -0.15) is 0 Å². The first-order valence-corrected chi connectivity index (χ1v) is 8.06. The highest BCUT2D eigenvalue weighted by Crippen LogP contribution is 2.26. The van der Waals surface area contributed by atoms with Crippen LogP contribution in [0.4, 0.5) is 5.82 Å². The van der Waals surface area contributed by atoms with Gasteiger partial charge in [0, 0.05) is 31.4 Å². The predicted molar refractivity (Wildman–Crippen MR) is 84.0 cm³/mol. The van der Waals surface area contributed by atoms with E-state index in [1.54, 1.807) is 0 Å². The number of anilines is 1. The Labute approximate surface area is 122 Å². The van der Waals surface area contributed by atoms with Gasteiger partial charge < -0.3 is 10.2 Å². The number of aryl methyl sites for hydroxylation is 1. The Bertz CT molecular complexity index is 457. The van der Waals surface area contributed by atoms with Crippen molar-refractivity contribution in [3.8, 4) is 0 Å². The fraction of sp³-hybridized carbons (Fsp3) is 0.706. The van der Waals surface area contributed by atoms with Crippen molar-refractivity contribution < 1.29 is 0 Å². The van der Waals surface area contributed by atoms with Crippen molar-refractivity contribution in [1.82, 2.24) is 10.3 Å². The molecule has 3 heteroatoms. The summed E-state index contributed by atoms with van der Waals surface area (Å²) < 4.78 is 0. The zero-order chi connectivity index (χ0) is 14.1. The maximum absolute atomic E-state index is 4.85. The van der Waals surface area contributed by atoms with Gasteiger partial charge in [0.1, 0.15) is 5.82 Å². The highest BCUT2D eigenvalue weighted by atomic mass is 15.2. The quantitative estimate of drug-likeness (QED) is 0.913. The average molecular weight is 273 g/mol. The van der Waals surface area contributed by atoms with Crippen LogP contribution in [-0.2, 0) is 6.54 Å². The second-order valence-corrected chi connectivity index (χ2v) is 6.92. The van der Waals surface area contributed by atoms with Crippen molar-refractivity contribution in [1.29, 1.82) is 0 Å². The maximum atomic E-state index is 4.85. The van der Waals surface area contributed by atoms with Gasteiger partial charge in [-0.25, -0.2) is 4.98 Å². The molecule has 1 aromatic heterocycles. The van der Waals surface area contributed by atoms with E-state index in [0.717, 1.165) is 43.3 Å². The number of hydrogen-bond donors (Lipinski definition) is 1. The number of nitrogens with zero attached hydrogens (tertiary/aromatic N) is 2. The molecule has 2 unspecified atom stereocenters. The highest BCUT2D eigenvalue weighted by Gasteiger charge is 2.23. The smallest absolute Gasteiger partial charge is 0.128 e. The van der Waals surface area contributed by atoms with Crippen molar-refractivity contribution in [2.45, 2.75) is 52.6 Å². The van der Waals surface area contributed by atoms with Crippen molar-refractivity contribution in [2.24, 2.45) is 11.8 Å². The first-order chi connectivity index (χ1) is 9.61. The van der Waals surface area contributed by atoms with Crippen LogP contribution in [0.25, 0.3) is 0 Å². The largest absolute Gasteiger partial charge is 0.356 e. The summed E-state index contributed by atoms with van der Waals surface area (Å²) in [5.74, 6) is 2.71. The van der Waals surface area contributed by atoms with E-state index in [0.29, 0.717) is 0 Å². The number of pyridine rings is 1. The number of rotatable bonds is 4. The molecule has 20 heavy (non-hydrogen) atoms. The zero-order valence-electron chi connectivity index (χ0n) is 13.0. The van der Waals surface area contributed by atoms with Crippen LogP contribution in [0, 0.1) is 18.8 Å². The lowest BCUT2D eigenvalue weighted by atomic mass is 9.92. The minimum Gasteiger partial charge on any atom is -0.356 e. The molecule has 2 heterocycles. The van der Waals surface area contributed by atoms with Gasteiger partial charge >= 0.3 is 0 Å². The van der Waals surface area contributed by atoms with Crippen LogP contribution in [0.1, 0.15) is 44.4 Å². The van der Waals surface area contributed by atoms with Gasteiger partial charge in [0.2, 0.25) is 0 Å². The third kappa shape index (κ3) is 3.32. The van der Waals surface area contributed by atoms with Crippen LogP contribution < -0.4 is 10.2 Å². The Morgan fingerprint density at radius 3 is 2.50 bits per heavy atom. The lowest BCUT2D eigenvalue weighted by Gasteiger charge is -2.36. The van der Waals surface area contributed by atoms with E-state index < -0.39 is 0 Å². The van der Waals surface area contributed by atoms with Crippen LogP contribution in [0.3, 0.4) is 0 Å². The van der Waals surface area contributed by atoms with Crippen molar-refractivity contribution in [2.75, 3.05) is 18.0 Å². The van der Waals surface area contributed by atoms with Crippen LogP contribution in [0.2, 0.25) is 0 Å². The van der Waals surface area contributed by atoms with Crippen LogP contribution >= 0.6 is 0 Å². The molecule has 0 radical (unpaired) electrons. The van der Waals surface area contributed by atoms with Crippen molar-refractivity contribution in [3.63, 3.8) is 0 Å². The second-order valence-electron chi connectivity index (χ2n) is 6.92. The highest BCUT2D eigenvalue weighted by molar-refractivity contribution is 5.42. The molecule has 3 nitrogen and oxygen atoms in total. The minimum atomic E-state index is 0.762. The molecule has 1 aliphatic heterocycles. The number of hydrogen-bond acceptors (Lipinski definition) is 3. The summed E-state index contributed by atoms with van der Waals surface area (Å²) in [6.45, 7) is 10.1. The number of aromatic nitrogens is 1. The van der Waals surface area contributed by atoms with E-state index in [9.17, 15) is 0 Å². The Morgan fingerprint density at radius 2 is 1.90 bits per heavy atom.